The lowest BCUT2D eigenvalue weighted by molar-refractivity contribution is -0.125. The van der Waals surface area contributed by atoms with E-state index in [0.717, 1.165) is 24.9 Å². The summed E-state index contributed by atoms with van der Waals surface area (Å²) in [6.45, 7) is 4.11. The second kappa shape index (κ2) is 8.87. The summed E-state index contributed by atoms with van der Waals surface area (Å²) >= 11 is 0. The largest absolute Gasteiger partial charge is 0.493 e. The molecule has 0 saturated carbocycles. The maximum atomic E-state index is 13.1. The van der Waals surface area contributed by atoms with Gasteiger partial charge < -0.3 is 14.8 Å². The molecule has 2 aliphatic rings. The normalized spacial score (nSPS) is 23.6. The zero-order valence-electron chi connectivity index (χ0n) is 17.3. The second-order valence-corrected chi connectivity index (χ2v) is 7.85. The molecule has 0 unspecified atom stereocenters. The first-order chi connectivity index (χ1) is 14.2. The predicted octanol–water partition coefficient (Wildman–Crippen LogP) is 3.94. The van der Waals surface area contributed by atoms with Crippen molar-refractivity contribution in [2.24, 2.45) is 5.92 Å². The summed E-state index contributed by atoms with van der Waals surface area (Å²) in [6, 6.07) is 17.1. The number of benzene rings is 2. The van der Waals surface area contributed by atoms with Crippen molar-refractivity contribution in [1.29, 1.82) is 0 Å². The average molecular weight is 395 g/mol. The average Bonchev–Trinajstić information content (AvgIpc) is 3.36. The highest BCUT2D eigenvalue weighted by atomic mass is 16.5. The third-order valence-electron chi connectivity index (χ3n) is 6.20. The number of amides is 1. The molecule has 2 aromatic carbocycles. The van der Waals surface area contributed by atoms with Gasteiger partial charge in [-0.1, -0.05) is 36.4 Å². The first-order valence-electron chi connectivity index (χ1n) is 10.6. The van der Waals surface area contributed by atoms with Crippen LogP contribution in [0.1, 0.15) is 43.4 Å². The number of rotatable bonds is 7. The van der Waals surface area contributed by atoms with E-state index in [9.17, 15) is 4.79 Å². The van der Waals surface area contributed by atoms with Crippen LogP contribution in [0, 0.1) is 5.92 Å². The van der Waals surface area contributed by atoms with Crippen LogP contribution < -0.4 is 14.8 Å². The molecule has 0 radical (unpaired) electrons. The maximum Gasteiger partial charge on any atom is 0.225 e. The van der Waals surface area contributed by atoms with E-state index < -0.39 is 0 Å². The molecule has 0 spiro atoms. The Kier molecular flexibility index (Phi) is 6.05. The van der Waals surface area contributed by atoms with E-state index in [1.165, 1.54) is 12.0 Å². The zero-order chi connectivity index (χ0) is 20.2. The predicted molar refractivity (Wildman–Crippen MR) is 113 cm³/mol. The van der Waals surface area contributed by atoms with E-state index in [1.54, 1.807) is 7.11 Å². The Bertz CT molecular complexity index is 839. The van der Waals surface area contributed by atoms with Gasteiger partial charge in [0.05, 0.1) is 19.6 Å². The van der Waals surface area contributed by atoms with Gasteiger partial charge in [0.15, 0.2) is 11.5 Å². The first kappa shape index (κ1) is 19.8. The highest BCUT2D eigenvalue weighted by molar-refractivity contribution is 5.80. The lowest BCUT2D eigenvalue weighted by Crippen LogP contribution is -2.37. The highest BCUT2D eigenvalue weighted by Crippen LogP contribution is 2.44. The van der Waals surface area contributed by atoms with E-state index in [0.29, 0.717) is 36.7 Å². The van der Waals surface area contributed by atoms with Gasteiger partial charge in [-0.2, -0.15) is 0 Å². The van der Waals surface area contributed by atoms with Crippen molar-refractivity contribution in [1.82, 2.24) is 10.2 Å². The van der Waals surface area contributed by atoms with E-state index in [-0.39, 0.29) is 11.8 Å². The Morgan fingerprint density at radius 1 is 1.17 bits per heavy atom. The Hall–Kier alpha value is -2.53. The molecule has 0 aliphatic carbocycles. The van der Waals surface area contributed by atoms with Crippen LogP contribution in [0.5, 0.6) is 11.5 Å². The number of nitrogens with zero attached hydrogens (tertiary/aromatic N) is 1. The Morgan fingerprint density at radius 2 is 2.00 bits per heavy atom. The zero-order valence-corrected chi connectivity index (χ0v) is 17.3. The first-order valence-corrected chi connectivity index (χ1v) is 10.6. The molecular formula is C24H30N2O3. The number of hydrogen-bond acceptors (Lipinski definition) is 4. The van der Waals surface area contributed by atoms with Gasteiger partial charge in [-0.25, -0.2) is 0 Å². The van der Waals surface area contributed by atoms with E-state index in [4.69, 9.17) is 9.47 Å². The molecule has 2 saturated heterocycles. The summed E-state index contributed by atoms with van der Waals surface area (Å²) in [5.74, 6) is 1.64. The van der Waals surface area contributed by atoms with Crippen molar-refractivity contribution in [2.75, 3.05) is 20.3 Å². The standard InChI is InChI=1S/C24H30N2O3/c1-3-29-23-14-17(11-12-22(23)28-2)16-25-24(27)19-15-21(18-8-5-4-6-9-18)26-13-7-10-20(19)26/h4-6,8-9,11-12,14,19-21H,3,7,10,13,15-16H2,1-2H3,(H,25,27)/t19-,20+,21-/m0/s1. The third-order valence-corrected chi connectivity index (χ3v) is 6.20. The van der Waals surface area contributed by atoms with Gasteiger partial charge in [-0.05, 0) is 56.0 Å². The molecule has 2 aromatic rings. The fourth-order valence-electron chi connectivity index (χ4n) is 4.87. The van der Waals surface area contributed by atoms with Gasteiger partial charge in [0.2, 0.25) is 5.91 Å². The molecule has 1 amide bonds. The number of fused-ring (bicyclic) bond motifs is 1. The van der Waals surface area contributed by atoms with Crippen molar-refractivity contribution in [3.63, 3.8) is 0 Å². The number of ether oxygens (including phenoxy) is 2. The van der Waals surface area contributed by atoms with Crippen molar-refractivity contribution in [2.45, 2.75) is 44.8 Å². The van der Waals surface area contributed by atoms with Crippen LogP contribution in [-0.2, 0) is 11.3 Å². The topological polar surface area (TPSA) is 50.8 Å². The van der Waals surface area contributed by atoms with E-state index in [2.05, 4.69) is 40.5 Å². The smallest absolute Gasteiger partial charge is 0.225 e. The summed E-state index contributed by atoms with van der Waals surface area (Å²) in [5, 5.41) is 3.17. The highest BCUT2D eigenvalue weighted by Gasteiger charge is 2.46. The SMILES string of the molecule is CCOc1cc(CNC(=O)[C@H]2C[C@@H](c3ccccc3)N3CCC[C@H]23)ccc1OC. The molecule has 0 aromatic heterocycles. The molecule has 2 fully saturated rings. The molecule has 5 heteroatoms. The summed E-state index contributed by atoms with van der Waals surface area (Å²) < 4.78 is 11.0. The molecule has 1 N–H and O–H groups in total. The van der Waals surface area contributed by atoms with Gasteiger partial charge in [-0.3, -0.25) is 9.69 Å². The molecule has 2 aliphatic heterocycles. The summed E-state index contributed by atoms with van der Waals surface area (Å²) in [6.07, 6.45) is 3.18. The molecule has 0 bridgehead atoms. The van der Waals surface area contributed by atoms with Crippen LogP contribution in [-0.4, -0.2) is 37.1 Å². The summed E-state index contributed by atoms with van der Waals surface area (Å²) in [7, 11) is 1.63. The fraction of sp³-hybridized carbons (Fsp3) is 0.458. The Labute approximate surface area is 173 Å². The van der Waals surface area contributed by atoms with Gasteiger partial charge in [-0.15, -0.1) is 0 Å². The van der Waals surface area contributed by atoms with Gasteiger partial charge in [0.1, 0.15) is 0 Å². The molecular weight excluding hydrogens is 364 g/mol. The van der Waals surface area contributed by atoms with Crippen LogP contribution in [0.4, 0.5) is 0 Å². The lowest BCUT2D eigenvalue weighted by Gasteiger charge is -2.24. The van der Waals surface area contributed by atoms with Gasteiger partial charge >= 0.3 is 0 Å². The van der Waals surface area contributed by atoms with Crippen molar-refractivity contribution in [3.8, 4) is 11.5 Å². The van der Waals surface area contributed by atoms with E-state index >= 15 is 0 Å². The monoisotopic (exact) mass is 394 g/mol. The fourth-order valence-corrected chi connectivity index (χ4v) is 4.87. The van der Waals surface area contributed by atoms with Crippen molar-refractivity contribution < 1.29 is 14.3 Å². The van der Waals surface area contributed by atoms with Crippen LogP contribution in [0.3, 0.4) is 0 Å². The van der Waals surface area contributed by atoms with Crippen molar-refractivity contribution >= 4 is 5.91 Å². The molecule has 3 atom stereocenters. The van der Waals surface area contributed by atoms with Gasteiger partial charge in [0, 0.05) is 18.6 Å². The number of hydrogen-bond donors (Lipinski definition) is 1. The summed E-state index contributed by atoms with van der Waals surface area (Å²) in [5.41, 5.74) is 2.34. The second-order valence-electron chi connectivity index (χ2n) is 7.85. The number of nitrogens with one attached hydrogen (secondary N) is 1. The molecule has 154 valence electrons. The minimum atomic E-state index is 0.0484. The van der Waals surface area contributed by atoms with Crippen LogP contribution >= 0.6 is 0 Å². The molecule has 4 rings (SSSR count). The van der Waals surface area contributed by atoms with Crippen LogP contribution in [0.25, 0.3) is 0 Å². The minimum absolute atomic E-state index is 0.0484. The van der Waals surface area contributed by atoms with Crippen LogP contribution in [0.2, 0.25) is 0 Å². The maximum absolute atomic E-state index is 13.1. The number of carbonyl (C=O) groups is 1. The Balaban J connectivity index is 1.43. The minimum Gasteiger partial charge on any atom is -0.493 e. The molecule has 5 nitrogen and oxygen atoms in total. The summed E-state index contributed by atoms with van der Waals surface area (Å²) in [4.78, 5) is 15.6. The van der Waals surface area contributed by atoms with Crippen LogP contribution in [0.15, 0.2) is 48.5 Å². The van der Waals surface area contributed by atoms with Crippen molar-refractivity contribution in [3.05, 3.63) is 59.7 Å². The quantitative estimate of drug-likeness (QED) is 0.773. The Morgan fingerprint density at radius 3 is 2.76 bits per heavy atom. The number of carbonyl (C=O) groups excluding carboxylic acids is 1. The number of methoxy groups -OCH3 is 1. The molecule has 29 heavy (non-hydrogen) atoms. The van der Waals surface area contributed by atoms with E-state index in [1.807, 2.05) is 25.1 Å². The third kappa shape index (κ3) is 4.10. The molecule has 2 heterocycles. The van der Waals surface area contributed by atoms with Gasteiger partial charge in [0.25, 0.3) is 0 Å². The lowest BCUT2D eigenvalue weighted by atomic mass is 9.93.